The van der Waals surface area contributed by atoms with Crippen molar-refractivity contribution in [2.75, 3.05) is 6.54 Å². The molecule has 0 heterocycles. The van der Waals surface area contributed by atoms with Crippen molar-refractivity contribution >= 4 is 15.9 Å². The lowest BCUT2D eigenvalue weighted by molar-refractivity contribution is 0.609. The Kier molecular flexibility index (Phi) is 6.14. The van der Waals surface area contributed by atoms with Crippen LogP contribution in [-0.2, 0) is 6.54 Å². The molecule has 0 aliphatic heterocycles. The lowest BCUT2D eigenvalue weighted by Gasteiger charge is -2.06. The van der Waals surface area contributed by atoms with Crippen LogP contribution in [0.25, 0.3) is 0 Å². The average molecular weight is 284 g/mol. The SMILES string of the molecule is C#CCCCCNCc1cc(F)ccc1Br. The van der Waals surface area contributed by atoms with E-state index in [1.54, 1.807) is 12.1 Å². The quantitative estimate of drug-likeness (QED) is 0.623. The van der Waals surface area contributed by atoms with E-state index in [4.69, 9.17) is 6.42 Å². The Hall–Kier alpha value is -0.850. The van der Waals surface area contributed by atoms with Crippen LogP contribution in [0.2, 0.25) is 0 Å². The van der Waals surface area contributed by atoms with Crippen molar-refractivity contribution in [1.82, 2.24) is 5.32 Å². The first-order valence-corrected chi connectivity index (χ1v) is 6.11. The predicted molar refractivity (Wildman–Crippen MR) is 68.5 cm³/mol. The Morgan fingerprint density at radius 3 is 2.94 bits per heavy atom. The Morgan fingerprint density at radius 1 is 1.38 bits per heavy atom. The number of rotatable bonds is 6. The van der Waals surface area contributed by atoms with E-state index < -0.39 is 0 Å². The summed E-state index contributed by atoms with van der Waals surface area (Å²) < 4.78 is 13.9. The van der Waals surface area contributed by atoms with Gasteiger partial charge in [0.15, 0.2) is 0 Å². The molecule has 0 aliphatic carbocycles. The van der Waals surface area contributed by atoms with Gasteiger partial charge < -0.3 is 5.32 Å². The molecule has 1 rings (SSSR count). The van der Waals surface area contributed by atoms with Crippen LogP contribution in [0.15, 0.2) is 22.7 Å². The largest absolute Gasteiger partial charge is 0.313 e. The molecule has 0 aliphatic rings. The third kappa shape index (κ3) is 4.78. The molecule has 1 aromatic rings. The molecule has 0 unspecified atom stereocenters. The highest BCUT2D eigenvalue weighted by Crippen LogP contribution is 2.17. The summed E-state index contributed by atoms with van der Waals surface area (Å²) in [5.74, 6) is 2.41. The van der Waals surface area contributed by atoms with Gasteiger partial charge in [0, 0.05) is 17.4 Å². The van der Waals surface area contributed by atoms with E-state index in [1.165, 1.54) is 6.07 Å². The molecule has 0 fully saturated rings. The van der Waals surface area contributed by atoms with Gasteiger partial charge in [0.1, 0.15) is 5.82 Å². The molecule has 0 saturated carbocycles. The van der Waals surface area contributed by atoms with E-state index in [-0.39, 0.29) is 5.82 Å². The highest BCUT2D eigenvalue weighted by atomic mass is 79.9. The van der Waals surface area contributed by atoms with Gasteiger partial charge in [0.25, 0.3) is 0 Å². The zero-order valence-electron chi connectivity index (χ0n) is 9.10. The van der Waals surface area contributed by atoms with Crippen molar-refractivity contribution in [3.63, 3.8) is 0 Å². The average Bonchev–Trinajstić information content (AvgIpc) is 2.28. The van der Waals surface area contributed by atoms with E-state index >= 15 is 0 Å². The van der Waals surface area contributed by atoms with Crippen molar-refractivity contribution in [3.05, 3.63) is 34.1 Å². The van der Waals surface area contributed by atoms with E-state index in [9.17, 15) is 4.39 Å². The van der Waals surface area contributed by atoms with Gasteiger partial charge in [0.2, 0.25) is 0 Å². The third-order valence-electron chi connectivity index (χ3n) is 2.25. The van der Waals surface area contributed by atoms with Crippen molar-refractivity contribution in [2.24, 2.45) is 0 Å². The van der Waals surface area contributed by atoms with E-state index in [2.05, 4.69) is 27.2 Å². The first kappa shape index (κ1) is 13.2. The van der Waals surface area contributed by atoms with E-state index in [0.29, 0.717) is 6.54 Å². The topological polar surface area (TPSA) is 12.0 Å². The summed E-state index contributed by atoms with van der Waals surface area (Å²) in [6.45, 7) is 1.58. The highest BCUT2D eigenvalue weighted by Gasteiger charge is 2.00. The van der Waals surface area contributed by atoms with Gasteiger partial charge in [-0.05, 0) is 43.1 Å². The van der Waals surface area contributed by atoms with Crippen molar-refractivity contribution in [3.8, 4) is 12.3 Å². The summed E-state index contributed by atoms with van der Waals surface area (Å²) in [6, 6.07) is 4.71. The summed E-state index contributed by atoms with van der Waals surface area (Å²) in [5, 5.41) is 3.26. The summed E-state index contributed by atoms with van der Waals surface area (Å²) in [6.07, 6.45) is 8.07. The molecular weight excluding hydrogens is 269 g/mol. The zero-order chi connectivity index (χ0) is 11.8. The predicted octanol–water partition coefficient (Wildman–Crippen LogP) is 3.48. The van der Waals surface area contributed by atoms with Crippen LogP contribution in [0.5, 0.6) is 0 Å². The molecule has 0 aromatic heterocycles. The molecule has 1 aromatic carbocycles. The van der Waals surface area contributed by atoms with Crippen LogP contribution >= 0.6 is 15.9 Å². The molecular formula is C13H15BrFN. The van der Waals surface area contributed by atoms with Gasteiger partial charge >= 0.3 is 0 Å². The molecule has 1 N–H and O–H groups in total. The highest BCUT2D eigenvalue weighted by molar-refractivity contribution is 9.10. The molecule has 86 valence electrons. The Morgan fingerprint density at radius 2 is 2.19 bits per heavy atom. The fourth-order valence-corrected chi connectivity index (χ4v) is 1.77. The molecule has 0 radical (unpaired) electrons. The number of benzene rings is 1. The second-order valence-corrected chi connectivity index (χ2v) is 4.43. The zero-order valence-corrected chi connectivity index (χ0v) is 10.7. The Balaban J connectivity index is 2.27. The normalized spacial score (nSPS) is 10.1. The molecule has 3 heteroatoms. The Labute approximate surface area is 105 Å². The Bertz CT molecular complexity index is 371. The molecule has 0 saturated heterocycles. The van der Waals surface area contributed by atoms with Crippen molar-refractivity contribution in [1.29, 1.82) is 0 Å². The fourth-order valence-electron chi connectivity index (χ4n) is 1.38. The van der Waals surface area contributed by atoms with Gasteiger partial charge in [-0.2, -0.15) is 0 Å². The first-order chi connectivity index (χ1) is 7.74. The monoisotopic (exact) mass is 283 g/mol. The van der Waals surface area contributed by atoms with Crippen molar-refractivity contribution < 1.29 is 4.39 Å². The maximum atomic E-state index is 13.0. The van der Waals surface area contributed by atoms with Crippen molar-refractivity contribution in [2.45, 2.75) is 25.8 Å². The maximum Gasteiger partial charge on any atom is 0.123 e. The summed E-state index contributed by atoms with van der Waals surface area (Å²) >= 11 is 3.39. The van der Waals surface area contributed by atoms with Crippen LogP contribution in [0.1, 0.15) is 24.8 Å². The van der Waals surface area contributed by atoms with Crippen LogP contribution in [0.3, 0.4) is 0 Å². The standard InChI is InChI=1S/C13H15BrFN/c1-2-3-4-5-8-16-10-11-9-12(15)6-7-13(11)14/h1,6-7,9,16H,3-5,8,10H2. The van der Waals surface area contributed by atoms with Crippen LogP contribution in [0.4, 0.5) is 4.39 Å². The minimum atomic E-state index is -0.202. The third-order valence-corrected chi connectivity index (χ3v) is 3.02. The van der Waals surface area contributed by atoms with Gasteiger partial charge in [-0.15, -0.1) is 12.3 Å². The van der Waals surface area contributed by atoms with Gasteiger partial charge in [-0.25, -0.2) is 4.39 Å². The van der Waals surface area contributed by atoms with Gasteiger partial charge in [-0.1, -0.05) is 15.9 Å². The van der Waals surface area contributed by atoms with Crippen LogP contribution in [0, 0.1) is 18.2 Å². The number of hydrogen-bond donors (Lipinski definition) is 1. The minimum Gasteiger partial charge on any atom is -0.313 e. The molecule has 0 amide bonds. The maximum absolute atomic E-state index is 13.0. The smallest absolute Gasteiger partial charge is 0.123 e. The summed E-state index contributed by atoms with van der Waals surface area (Å²) in [7, 11) is 0. The molecule has 16 heavy (non-hydrogen) atoms. The fraction of sp³-hybridized carbons (Fsp3) is 0.385. The van der Waals surface area contributed by atoms with Gasteiger partial charge in [0.05, 0.1) is 0 Å². The lowest BCUT2D eigenvalue weighted by Crippen LogP contribution is -2.15. The minimum absolute atomic E-state index is 0.202. The van der Waals surface area contributed by atoms with Gasteiger partial charge in [-0.3, -0.25) is 0 Å². The number of unbranched alkanes of at least 4 members (excludes halogenated alkanes) is 2. The lowest BCUT2D eigenvalue weighted by atomic mass is 10.2. The van der Waals surface area contributed by atoms with E-state index in [1.807, 2.05) is 0 Å². The molecule has 0 spiro atoms. The van der Waals surface area contributed by atoms with E-state index in [0.717, 1.165) is 35.8 Å². The number of terminal acetylenes is 1. The second kappa shape index (κ2) is 7.43. The molecule has 1 nitrogen and oxygen atoms in total. The number of nitrogens with one attached hydrogen (secondary N) is 1. The molecule has 0 atom stereocenters. The molecule has 0 bridgehead atoms. The first-order valence-electron chi connectivity index (χ1n) is 5.32. The van der Waals surface area contributed by atoms with Crippen LogP contribution in [-0.4, -0.2) is 6.54 Å². The number of hydrogen-bond acceptors (Lipinski definition) is 1. The summed E-state index contributed by atoms with van der Waals surface area (Å²) in [5.41, 5.74) is 0.942. The number of halogens is 2. The second-order valence-electron chi connectivity index (χ2n) is 3.57. The summed E-state index contributed by atoms with van der Waals surface area (Å²) in [4.78, 5) is 0. The van der Waals surface area contributed by atoms with Crippen LogP contribution < -0.4 is 5.32 Å².